The van der Waals surface area contributed by atoms with Crippen molar-refractivity contribution in [2.24, 2.45) is 0 Å². The zero-order valence-electron chi connectivity index (χ0n) is 18.6. The molecule has 2 aromatic carbocycles. The number of hydrogen-bond acceptors (Lipinski definition) is 7. The maximum absolute atomic E-state index is 13.5. The van der Waals surface area contributed by atoms with Gasteiger partial charge in [-0.25, -0.2) is 0 Å². The fourth-order valence-electron chi connectivity index (χ4n) is 3.83. The largest absolute Gasteiger partial charge is 0.494 e. The Bertz CT molecular complexity index is 1260. The highest BCUT2D eigenvalue weighted by Gasteiger charge is 2.39. The maximum atomic E-state index is 13.5. The van der Waals surface area contributed by atoms with Crippen molar-refractivity contribution in [2.75, 3.05) is 18.7 Å². The zero-order valence-corrected chi connectivity index (χ0v) is 18.6. The van der Waals surface area contributed by atoms with Gasteiger partial charge in [-0.2, -0.15) is 0 Å². The molecule has 1 N–H and O–H groups in total. The van der Waals surface area contributed by atoms with Crippen LogP contribution >= 0.6 is 0 Å². The van der Waals surface area contributed by atoms with Crippen LogP contribution in [-0.4, -0.2) is 35.1 Å². The molecule has 0 radical (unpaired) electrons. The van der Waals surface area contributed by atoms with Crippen molar-refractivity contribution in [3.63, 3.8) is 0 Å². The average Bonchev–Trinajstić information content (AvgIpc) is 3.42. The van der Waals surface area contributed by atoms with E-state index in [0.29, 0.717) is 40.7 Å². The maximum Gasteiger partial charge on any atom is 0.278 e. The second-order valence-electron chi connectivity index (χ2n) is 7.87. The highest BCUT2D eigenvalue weighted by molar-refractivity contribution is 6.36. The van der Waals surface area contributed by atoms with E-state index in [1.165, 1.54) is 4.90 Å². The van der Waals surface area contributed by atoms with Gasteiger partial charge in [0, 0.05) is 24.1 Å². The number of carbonyl (C=O) groups excluding carboxylic acids is 2. The Balaban J connectivity index is 1.49. The Kier molecular flexibility index (Phi) is 5.86. The first-order valence-electron chi connectivity index (χ1n) is 11.0. The molecule has 2 amide bonds. The number of amides is 2. The van der Waals surface area contributed by atoms with Crippen LogP contribution in [0.2, 0.25) is 0 Å². The van der Waals surface area contributed by atoms with E-state index in [1.807, 2.05) is 13.0 Å². The molecule has 34 heavy (non-hydrogen) atoms. The quantitative estimate of drug-likeness (QED) is 0.512. The van der Waals surface area contributed by atoms with E-state index in [-0.39, 0.29) is 24.9 Å². The second kappa shape index (κ2) is 9.27. The Morgan fingerprint density at radius 3 is 2.62 bits per heavy atom. The van der Waals surface area contributed by atoms with Crippen LogP contribution in [0.25, 0.3) is 5.57 Å². The third-order valence-corrected chi connectivity index (χ3v) is 5.49. The fraction of sp³-hybridized carbons (Fsp3) is 0.192. The van der Waals surface area contributed by atoms with Gasteiger partial charge in [0.1, 0.15) is 11.4 Å². The van der Waals surface area contributed by atoms with E-state index in [0.717, 1.165) is 12.0 Å². The number of pyridine rings is 1. The predicted octanol–water partition coefficient (Wildman–Crippen LogP) is 3.99. The number of aromatic nitrogens is 1. The van der Waals surface area contributed by atoms with Crippen LogP contribution in [0.5, 0.6) is 17.2 Å². The van der Waals surface area contributed by atoms with Crippen LogP contribution in [0, 0.1) is 0 Å². The third-order valence-electron chi connectivity index (χ3n) is 5.49. The van der Waals surface area contributed by atoms with Crippen LogP contribution in [0.1, 0.15) is 24.5 Å². The first-order valence-corrected chi connectivity index (χ1v) is 11.0. The molecule has 8 heteroatoms. The molecule has 1 aromatic heterocycles. The van der Waals surface area contributed by atoms with E-state index in [9.17, 15) is 9.59 Å². The Hall–Kier alpha value is -4.33. The van der Waals surface area contributed by atoms with Crippen molar-refractivity contribution in [1.82, 2.24) is 9.88 Å². The van der Waals surface area contributed by atoms with Gasteiger partial charge in [0.2, 0.25) is 6.79 Å². The molecule has 0 atom stereocenters. The van der Waals surface area contributed by atoms with Crippen LogP contribution in [0.15, 0.2) is 72.7 Å². The molecule has 172 valence electrons. The van der Waals surface area contributed by atoms with Gasteiger partial charge in [-0.3, -0.25) is 19.5 Å². The number of benzene rings is 2. The number of anilines is 1. The van der Waals surface area contributed by atoms with Crippen molar-refractivity contribution >= 4 is 23.1 Å². The highest BCUT2D eigenvalue weighted by Crippen LogP contribution is 2.37. The molecule has 2 aliphatic heterocycles. The molecule has 0 saturated carbocycles. The highest BCUT2D eigenvalue weighted by atomic mass is 16.7. The van der Waals surface area contributed by atoms with Crippen molar-refractivity contribution in [1.29, 1.82) is 0 Å². The van der Waals surface area contributed by atoms with Gasteiger partial charge in [-0.1, -0.05) is 25.1 Å². The molecule has 8 nitrogen and oxygen atoms in total. The molecule has 0 spiro atoms. The monoisotopic (exact) mass is 457 g/mol. The van der Waals surface area contributed by atoms with Gasteiger partial charge in [0.05, 0.1) is 18.7 Å². The summed E-state index contributed by atoms with van der Waals surface area (Å²) in [6, 6.07) is 16.1. The number of hydrogen-bond donors (Lipinski definition) is 1. The summed E-state index contributed by atoms with van der Waals surface area (Å²) in [7, 11) is 0. The molecule has 0 unspecified atom stereocenters. The number of ether oxygens (including phenoxy) is 3. The summed E-state index contributed by atoms with van der Waals surface area (Å²) in [6.07, 6.45) is 4.19. The SMILES string of the molecule is CCCOc1ccc(C2=C(Nc3ccc4c(c3)OCO4)C(=O)N(Cc3cccnc3)C2=O)cc1. The number of nitrogens with one attached hydrogen (secondary N) is 1. The third kappa shape index (κ3) is 4.17. The minimum absolute atomic E-state index is 0.124. The van der Waals surface area contributed by atoms with Gasteiger partial charge in [-0.15, -0.1) is 0 Å². The molecule has 0 fully saturated rings. The number of carbonyl (C=O) groups is 2. The summed E-state index contributed by atoms with van der Waals surface area (Å²) in [6.45, 7) is 2.91. The molecule has 5 rings (SSSR count). The van der Waals surface area contributed by atoms with E-state index < -0.39 is 5.91 Å². The number of rotatable bonds is 8. The first kappa shape index (κ1) is 21.5. The summed E-state index contributed by atoms with van der Waals surface area (Å²) in [5, 5.41) is 3.15. The molecular formula is C26H23N3O5. The molecule has 0 bridgehead atoms. The lowest BCUT2D eigenvalue weighted by atomic mass is 10.0. The number of fused-ring (bicyclic) bond motifs is 1. The lowest BCUT2D eigenvalue weighted by molar-refractivity contribution is -0.137. The summed E-state index contributed by atoms with van der Waals surface area (Å²) >= 11 is 0. The zero-order chi connectivity index (χ0) is 23.5. The normalized spacial score (nSPS) is 14.7. The van der Waals surface area contributed by atoms with Crippen LogP contribution in [-0.2, 0) is 16.1 Å². The summed E-state index contributed by atoms with van der Waals surface area (Å²) < 4.78 is 16.5. The van der Waals surface area contributed by atoms with Gasteiger partial charge in [-0.05, 0) is 47.9 Å². The van der Waals surface area contributed by atoms with E-state index in [4.69, 9.17) is 14.2 Å². The second-order valence-corrected chi connectivity index (χ2v) is 7.87. The fourth-order valence-corrected chi connectivity index (χ4v) is 3.83. The Morgan fingerprint density at radius 2 is 1.85 bits per heavy atom. The molecule has 3 aromatic rings. The minimum Gasteiger partial charge on any atom is -0.494 e. The van der Waals surface area contributed by atoms with Crippen LogP contribution in [0.4, 0.5) is 5.69 Å². The lowest BCUT2D eigenvalue weighted by Gasteiger charge is -2.15. The topological polar surface area (TPSA) is 90.0 Å². The smallest absolute Gasteiger partial charge is 0.278 e. The molecule has 3 heterocycles. The minimum atomic E-state index is -0.409. The molecule has 0 aliphatic carbocycles. The average molecular weight is 457 g/mol. The lowest BCUT2D eigenvalue weighted by Crippen LogP contribution is -2.32. The molecule has 0 saturated heterocycles. The van der Waals surface area contributed by atoms with Crippen molar-refractivity contribution in [3.05, 3.63) is 83.8 Å². The summed E-state index contributed by atoms with van der Waals surface area (Å²) in [4.78, 5) is 32.2. The van der Waals surface area contributed by atoms with Gasteiger partial charge < -0.3 is 19.5 Å². The predicted molar refractivity (Wildman–Crippen MR) is 125 cm³/mol. The first-order chi connectivity index (χ1) is 16.6. The molecular weight excluding hydrogens is 434 g/mol. The van der Waals surface area contributed by atoms with Gasteiger partial charge in [0.15, 0.2) is 11.5 Å². The van der Waals surface area contributed by atoms with Gasteiger partial charge >= 0.3 is 0 Å². The van der Waals surface area contributed by atoms with Crippen molar-refractivity contribution in [2.45, 2.75) is 19.9 Å². The summed E-state index contributed by atoms with van der Waals surface area (Å²) in [5.74, 6) is 1.13. The van der Waals surface area contributed by atoms with Crippen molar-refractivity contribution < 1.29 is 23.8 Å². The van der Waals surface area contributed by atoms with Crippen molar-refractivity contribution in [3.8, 4) is 17.2 Å². The number of imide groups is 1. The number of nitrogens with zero attached hydrogens (tertiary/aromatic N) is 2. The van der Waals surface area contributed by atoms with E-state index >= 15 is 0 Å². The van der Waals surface area contributed by atoms with Crippen LogP contribution in [0.3, 0.4) is 0 Å². The molecule has 2 aliphatic rings. The standard InChI is InChI=1S/C26H23N3O5/c1-2-12-32-20-8-5-18(6-9-20)23-24(28-19-7-10-21-22(13-19)34-16-33-21)26(31)29(25(23)30)15-17-4-3-11-27-14-17/h3-11,13-14,28H,2,12,15-16H2,1H3. The van der Waals surface area contributed by atoms with Crippen LogP contribution < -0.4 is 19.5 Å². The summed E-state index contributed by atoms with van der Waals surface area (Å²) in [5.41, 5.74) is 2.50. The van der Waals surface area contributed by atoms with Gasteiger partial charge in [0.25, 0.3) is 11.8 Å². The van der Waals surface area contributed by atoms with E-state index in [2.05, 4.69) is 10.3 Å². The van der Waals surface area contributed by atoms with E-state index in [1.54, 1.807) is 60.9 Å². The Morgan fingerprint density at radius 1 is 1.03 bits per heavy atom. The Labute approximate surface area is 196 Å².